The van der Waals surface area contributed by atoms with Gasteiger partial charge in [0.1, 0.15) is 4.83 Å². The highest BCUT2D eigenvalue weighted by molar-refractivity contribution is 9.10. The van der Waals surface area contributed by atoms with Crippen molar-refractivity contribution < 1.29 is 9.53 Å². The van der Waals surface area contributed by atoms with E-state index >= 15 is 0 Å². The van der Waals surface area contributed by atoms with Crippen molar-refractivity contribution in [3.8, 4) is 0 Å². The van der Waals surface area contributed by atoms with Crippen LogP contribution in [0.4, 0.5) is 0 Å². The number of carbonyl (C=O) groups is 1. The molecule has 0 spiro atoms. The Morgan fingerprint density at radius 2 is 2.07 bits per heavy atom. The molecule has 1 unspecified atom stereocenters. The van der Waals surface area contributed by atoms with Crippen LogP contribution in [-0.2, 0) is 16.1 Å². The quantitative estimate of drug-likeness (QED) is 0.611. The highest BCUT2D eigenvalue weighted by Gasteiger charge is 2.11. The summed E-state index contributed by atoms with van der Waals surface area (Å²) >= 11 is 8.35. The number of rotatable bonds is 5. The van der Waals surface area contributed by atoms with Crippen LogP contribution in [-0.4, -0.2) is 16.7 Å². The summed E-state index contributed by atoms with van der Waals surface area (Å²) in [6, 6.07) is 9.75. The van der Waals surface area contributed by atoms with Crippen LogP contribution in [0.15, 0.2) is 30.3 Å². The smallest absolute Gasteiger partial charge is 0.237 e. The van der Waals surface area contributed by atoms with Gasteiger partial charge in [-0.05, 0) is 17.2 Å². The summed E-state index contributed by atoms with van der Waals surface area (Å²) in [7, 11) is 0. The third-order valence-corrected chi connectivity index (χ3v) is 2.83. The molecule has 4 heteroatoms. The van der Waals surface area contributed by atoms with Crippen LogP contribution in [0, 0.1) is 0 Å². The van der Waals surface area contributed by atoms with Gasteiger partial charge in [-0.3, -0.25) is 4.79 Å². The van der Waals surface area contributed by atoms with Crippen molar-refractivity contribution in [2.45, 2.75) is 11.4 Å². The molecule has 14 heavy (non-hydrogen) atoms. The SMILES string of the molecule is O=C(Cl)C(Br)COCc1ccccc1. The first-order chi connectivity index (χ1) is 6.70. The Hall–Kier alpha value is -0.380. The molecule has 1 rings (SSSR count). The maximum absolute atomic E-state index is 10.6. The summed E-state index contributed by atoms with van der Waals surface area (Å²) in [4.78, 5) is 10.2. The minimum atomic E-state index is -0.432. The molecule has 1 aromatic carbocycles. The second-order valence-electron chi connectivity index (χ2n) is 2.77. The molecule has 2 nitrogen and oxygen atoms in total. The fraction of sp³-hybridized carbons (Fsp3) is 0.300. The van der Waals surface area contributed by atoms with Crippen LogP contribution in [0.3, 0.4) is 0 Å². The van der Waals surface area contributed by atoms with Crippen molar-refractivity contribution in [1.29, 1.82) is 0 Å². The Kier molecular flexibility index (Phi) is 5.15. The van der Waals surface area contributed by atoms with Crippen LogP contribution in [0.5, 0.6) is 0 Å². The van der Waals surface area contributed by atoms with E-state index in [1.165, 1.54) is 0 Å². The van der Waals surface area contributed by atoms with Crippen molar-refractivity contribution in [3.05, 3.63) is 35.9 Å². The predicted molar refractivity (Wildman–Crippen MR) is 59.7 cm³/mol. The molecule has 0 heterocycles. The van der Waals surface area contributed by atoms with Gasteiger partial charge < -0.3 is 4.74 Å². The number of hydrogen-bond donors (Lipinski definition) is 0. The maximum Gasteiger partial charge on any atom is 0.237 e. The summed E-state index contributed by atoms with van der Waals surface area (Å²) in [5.41, 5.74) is 1.08. The molecule has 0 aliphatic heterocycles. The maximum atomic E-state index is 10.6. The van der Waals surface area contributed by atoms with E-state index in [0.29, 0.717) is 6.61 Å². The molecule has 0 fully saturated rings. The summed E-state index contributed by atoms with van der Waals surface area (Å²) in [6.45, 7) is 0.782. The first kappa shape index (κ1) is 11.7. The van der Waals surface area contributed by atoms with Gasteiger partial charge in [-0.25, -0.2) is 0 Å². The summed E-state index contributed by atoms with van der Waals surface area (Å²) in [5, 5.41) is -0.432. The molecular formula is C10H10BrClO2. The molecule has 0 saturated heterocycles. The van der Waals surface area contributed by atoms with Crippen molar-refractivity contribution in [1.82, 2.24) is 0 Å². The van der Waals surface area contributed by atoms with Gasteiger partial charge in [0.15, 0.2) is 0 Å². The van der Waals surface area contributed by atoms with Gasteiger partial charge >= 0.3 is 0 Å². The molecule has 0 saturated carbocycles. The minimum absolute atomic E-state index is 0.289. The van der Waals surface area contributed by atoms with Crippen molar-refractivity contribution in [2.75, 3.05) is 6.61 Å². The molecule has 0 bridgehead atoms. The van der Waals surface area contributed by atoms with E-state index in [0.717, 1.165) is 5.56 Å². The molecule has 0 aromatic heterocycles. The number of benzene rings is 1. The van der Waals surface area contributed by atoms with E-state index < -0.39 is 10.1 Å². The number of ether oxygens (including phenoxy) is 1. The van der Waals surface area contributed by atoms with Gasteiger partial charge in [0.25, 0.3) is 0 Å². The molecular weight excluding hydrogens is 267 g/mol. The molecule has 0 aliphatic rings. The van der Waals surface area contributed by atoms with E-state index in [1.807, 2.05) is 30.3 Å². The lowest BCUT2D eigenvalue weighted by Crippen LogP contribution is -2.15. The Bertz CT molecular complexity index is 289. The molecule has 0 aliphatic carbocycles. The van der Waals surface area contributed by atoms with Gasteiger partial charge in [0, 0.05) is 0 Å². The zero-order valence-corrected chi connectivity index (χ0v) is 9.79. The second kappa shape index (κ2) is 6.17. The number of hydrogen-bond acceptors (Lipinski definition) is 2. The Morgan fingerprint density at radius 1 is 1.43 bits per heavy atom. The minimum Gasteiger partial charge on any atom is -0.375 e. The topological polar surface area (TPSA) is 26.3 Å². The lowest BCUT2D eigenvalue weighted by molar-refractivity contribution is -0.112. The third kappa shape index (κ3) is 4.22. The summed E-state index contributed by atoms with van der Waals surface area (Å²) in [5.74, 6) is 0. The molecule has 1 aromatic rings. The van der Waals surface area contributed by atoms with Gasteiger partial charge in [-0.15, -0.1) is 0 Å². The summed E-state index contributed by atoms with van der Waals surface area (Å²) < 4.78 is 5.29. The van der Waals surface area contributed by atoms with Gasteiger partial charge in [0.2, 0.25) is 5.24 Å². The van der Waals surface area contributed by atoms with E-state index in [2.05, 4.69) is 15.9 Å². The Labute approximate surface area is 96.3 Å². The lowest BCUT2D eigenvalue weighted by Gasteiger charge is -2.06. The second-order valence-corrected chi connectivity index (χ2v) is 4.25. The zero-order valence-electron chi connectivity index (χ0n) is 7.45. The highest BCUT2D eigenvalue weighted by Crippen LogP contribution is 2.07. The first-order valence-electron chi connectivity index (χ1n) is 4.15. The first-order valence-corrected chi connectivity index (χ1v) is 5.44. The third-order valence-electron chi connectivity index (χ3n) is 1.62. The van der Waals surface area contributed by atoms with E-state index in [9.17, 15) is 4.79 Å². The molecule has 0 N–H and O–H groups in total. The zero-order chi connectivity index (χ0) is 10.4. The summed E-state index contributed by atoms with van der Waals surface area (Å²) in [6.07, 6.45) is 0. The molecule has 76 valence electrons. The average molecular weight is 278 g/mol. The van der Waals surface area contributed by atoms with Crippen LogP contribution < -0.4 is 0 Å². The predicted octanol–water partition coefficient (Wildman–Crippen LogP) is 2.73. The standard InChI is InChI=1S/C10H10BrClO2/c11-9(10(12)13)7-14-6-8-4-2-1-3-5-8/h1-5,9H,6-7H2. The molecule has 1 atom stereocenters. The van der Waals surface area contributed by atoms with Gasteiger partial charge in [-0.1, -0.05) is 46.3 Å². The van der Waals surface area contributed by atoms with Gasteiger partial charge in [-0.2, -0.15) is 0 Å². The average Bonchev–Trinajstić information content (AvgIpc) is 2.19. The molecule has 0 radical (unpaired) electrons. The highest BCUT2D eigenvalue weighted by atomic mass is 79.9. The lowest BCUT2D eigenvalue weighted by atomic mass is 10.2. The Morgan fingerprint density at radius 3 is 2.64 bits per heavy atom. The van der Waals surface area contributed by atoms with Crippen LogP contribution >= 0.6 is 27.5 Å². The Balaban J connectivity index is 2.26. The largest absolute Gasteiger partial charge is 0.375 e. The number of halogens is 2. The number of carbonyl (C=O) groups excluding carboxylic acids is 1. The van der Waals surface area contributed by atoms with Gasteiger partial charge in [0.05, 0.1) is 13.2 Å². The van der Waals surface area contributed by atoms with E-state index in [-0.39, 0.29) is 6.61 Å². The fourth-order valence-corrected chi connectivity index (χ4v) is 1.17. The molecule has 0 amide bonds. The van der Waals surface area contributed by atoms with Crippen molar-refractivity contribution in [2.24, 2.45) is 0 Å². The van der Waals surface area contributed by atoms with E-state index in [1.54, 1.807) is 0 Å². The monoisotopic (exact) mass is 276 g/mol. The van der Waals surface area contributed by atoms with Crippen LogP contribution in [0.25, 0.3) is 0 Å². The fourth-order valence-electron chi connectivity index (χ4n) is 0.920. The van der Waals surface area contributed by atoms with E-state index in [4.69, 9.17) is 16.3 Å². The normalized spacial score (nSPS) is 12.4. The van der Waals surface area contributed by atoms with Crippen molar-refractivity contribution >= 4 is 32.8 Å². The van der Waals surface area contributed by atoms with Crippen LogP contribution in [0.1, 0.15) is 5.56 Å². The van der Waals surface area contributed by atoms with Crippen LogP contribution in [0.2, 0.25) is 0 Å². The number of alkyl halides is 1. The van der Waals surface area contributed by atoms with Crippen molar-refractivity contribution in [3.63, 3.8) is 0 Å².